The van der Waals surface area contributed by atoms with E-state index in [0.717, 1.165) is 23.1 Å². The lowest BCUT2D eigenvalue weighted by atomic mass is 10.1. The molecule has 1 aromatic carbocycles. The quantitative estimate of drug-likeness (QED) is 0.808. The molecule has 0 saturated carbocycles. The number of nitrogens with zero attached hydrogens (tertiary/aromatic N) is 1. The maximum Gasteiger partial charge on any atom is 0.416 e. The highest BCUT2D eigenvalue weighted by molar-refractivity contribution is 6.14. The van der Waals surface area contributed by atoms with E-state index < -0.39 is 30.0 Å². The summed E-state index contributed by atoms with van der Waals surface area (Å²) in [5.41, 5.74) is -0.873. The normalized spacial score (nSPS) is 15.7. The molecule has 1 heterocycles. The average molecular weight is 288 g/mol. The van der Waals surface area contributed by atoms with Gasteiger partial charge in [0.15, 0.2) is 0 Å². The van der Waals surface area contributed by atoms with E-state index in [9.17, 15) is 22.8 Å². The number of hydrogen-bond donors (Lipinski definition) is 2. The highest BCUT2D eigenvalue weighted by Gasteiger charge is 2.33. The van der Waals surface area contributed by atoms with Crippen LogP contribution in [0.2, 0.25) is 0 Å². The Balaban J connectivity index is 2.51. The lowest BCUT2D eigenvalue weighted by Crippen LogP contribution is -2.33. The smallest absolute Gasteiger partial charge is 0.395 e. The van der Waals surface area contributed by atoms with Crippen molar-refractivity contribution in [2.75, 3.05) is 23.4 Å². The minimum Gasteiger partial charge on any atom is -0.395 e. The van der Waals surface area contributed by atoms with Crippen LogP contribution in [0.15, 0.2) is 18.2 Å². The van der Waals surface area contributed by atoms with Gasteiger partial charge in [0.05, 0.1) is 23.5 Å². The van der Waals surface area contributed by atoms with Crippen molar-refractivity contribution in [3.05, 3.63) is 23.8 Å². The van der Waals surface area contributed by atoms with E-state index in [0.29, 0.717) is 0 Å². The second kappa shape index (κ2) is 5.12. The van der Waals surface area contributed by atoms with Crippen molar-refractivity contribution in [1.29, 1.82) is 0 Å². The predicted octanol–water partition coefficient (Wildman–Crippen LogP) is 1.37. The van der Waals surface area contributed by atoms with Crippen molar-refractivity contribution in [3.8, 4) is 0 Å². The fraction of sp³-hybridized carbons (Fsp3) is 0.333. The van der Waals surface area contributed by atoms with Crippen LogP contribution >= 0.6 is 0 Å². The maximum atomic E-state index is 12.6. The van der Waals surface area contributed by atoms with Gasteiger partial charge in [-0.3, -0.25) is 9.59 Å². The molecular weight excluding hydrogens is 277 g/mol. The summed E-state index contributed by atoms with van der Waals surface area (Å²) in [6.45, 7) is -0.452. The molecule has 0 atom stereocenters. The van der Waals surface area contributed by atoms with Gasteiger partial charge in [0.25, 0.3) is 0 Å². The maximum absolute atomic E-state index is 12.6. The van der Waals surface area contributed by atoms with Crippen molar-refractivity contribution in [1.82, 2.24) is 0 Å². The molecule has 2 rings (SSSR count). The van der Waals surface area contributed by atoms with Gasteiger partial charge in [0, 0.05) is 6.54 Å². The van der Waals surface area contributed by atoms with E-state index in [4.69, 9.17) is 5.11 Å². The molecule has 0 fully saturated rings. The fourth-order valence-corrected chi connectivity index (χ4v) is 1.95. The van der Waals surface area contributed by atoms with Crippen molar-refractivity contribution in [2.24, 2.45) is 0 Å². The predicted molar refractivity (Wildman–Crippen MR) is 64.1 cm³/mol. The van der Waals surface area contributed by atoms with Crippen LogP contribution in [0.1, 0.15) is 12.0 Å². The number of alkyl halides is 3. The van der Waals surface area contributed by atoms with E-state index in [-0.39, 0.29) is 24.5 Å². The topological polar surface area (TPSA) is 69.6 Å². The van der Waals surface area contributed by atoms with Crippen LogP contribution < -0.4 is 10.2 Å². The Morgan fingerprint density at radius 3 is 2.60 bits per heavy atom. The molecule has 0 unspecified atom stereocenters. The number of rotatable bonds is 2. The lowest BCUT2D eigenvalue weighted by Gasteiger charge is -2.22. The third-order valence-corrected chi connectivity index (χ3v) is 2.83. The van der Waals surface area contributed by atoms with E-state index in [2.05, 4.69) is 5.32 Å². The summed E-state index contributed by atoms with van der Waals surface area (Å²) in [6, 6.07) is 2.71. The zero-order valence-electron chi connectivity index (χ0n) is 10.2. The largest absolute Gasteiger partial charge is 0.416 e. The number of halogens is 3. The van der Waals surface area contributed by atoms with Crippen LogP contribution in [0.5, 0.6) is 0 Å². The Kier molecular flexibility index (Phi) is 3.67. The summed E-state index contributed by atoms with van der Waals surface area (Å²) in [4.78, 5) is 24.3. The van der Waals surface area contributed by atoms with E-state index >= 15 is 0 Å². The molecule has 5 nitrogen and oxygen atoms in total. The molecular formula is C12H11F3N2O3. The molecule has 0 bridgehead atoms. The number of β-amino-alcohol motifs (C(OH)–C–C–N with tert-alkyl or cyclic N) is 1. The van der Waals surface area contributed by atoms with Gasteiger partial charge in [-0.15, -0.1) is 0 Å². The number of carbonyl (C=O) groups is 2. The first-order valence-corrected chi connectivity index (χ1v) is 5.75. The van der Waals surface area contributed by atoms with Crippen molar-refractivity contribution >= 4 is 23.2 Å². The molecule has 20 heavy (non-hydrogen) atoms. The zero-order valence-corrected chi connectivity index (χ0v) is 10.2. The molecule has 108 valence electrons. The van der Waals surface area contributed by atoms with Crippen molar-refractivity contribution in [2.45, 2.75) is 12.6 Å². The van der Waals surface area contributed by atoms with Gasteiger partial charge < -0.3 is 15.3 Å². The highest BCUT2D eigenvalue weighted by Crippen LogP contribution is 2.36. The Bertz CT molecular complexity index is 557. The monoisotopic (exact) mass is 288 g/mol. The number of aliphatic hydroxyl groups excluding tert-OH is 1. The standard InChI is InChI=1S/C12H11F3N2O3/c13-12(14,15)7-1-2-9-8(5-7)16-10(19)6-11(20)17(9)3-4-18/h1-2,5,18H,3-4,6H2,(H,16,19). The second-order valence-electron chi connectivity index (χ2n) is 4.22. The first-order chi connectivity index (χ1) is 9.32. The Labute approximate surface area is 112 Å². The summed E-state index contributed by atoms with van der Waals surface area (Å²) >= 11 is 0. The molecule has 2 amide bonds. The summed E-state index contributed by atoms with van der Waals surface area (Å²) in [6.07, 6.45) is -5.02. The molecule has 1 aromatic rings. The highest BCUT2D eigenvalue weighted by atomic mass is 19.4. The van der Waals surface area contributed by atoms with Crippen LogP contribution in [0, 0.1) is 0 Å². The Hall–Kier alpha value is -2.09. The van der Waals surface area contributed by atoms with Crippen LogP contribution in [0.4, 0.5) is 24.5 Å². The molecule has 0 aromatic heterocycles. The minimum atomic E-state index is -4.54. The summed E-state index contributed by atoms with van der Waals surface area (Å²) in [7, 11) is 0. The molecule has 0 spiro atoms. The zero-order chi connectivity index (χ0) is 14.9. The minimum absolute atomic E-state index is 0.0911. The molecule has 0 saturated heterocycles. The van der Waals surface area contributed by atoms with Crippen LogP contribution in [-0.4, -0.2) is 30.1 Å². The van der Waals surface area contributed by atoms with Crippen molar-refractivity contribution < 1.29 is 27.9 Å². The van der Waals surface area contributed by atoms with Crippen LogP contribution in [0.25, 0.3) is 0 Å². The summed E-state index contributed by atoms with van der Waals surface area (Å²) in [5.74, 6) is -1.26. The molecule has 8 heteroatoms. The van der Waals surface area contributed by atoms with Gasteiger partial charge in [0.2, 0.25) is 11.8 Å². The fourth-order valence-electron chi connectivity index (χ4n) is 1.95. The molecule has 0 aliphatic carbocycles. The van der Waals surface area contributed by atoms with Crippen LogP contribution in [0.3, 0.4) is 0 Å². The molecule has 1 aliphatic rings. The SMILES string of the molecule is O=C1CC(=O)N(CCO)c2ccc(C(F)(F)F)cc2N1. The molecule has 0 radical (unpaired) electrons. The first kappa shape index (κ1) is 14.3. The van der Waals surface area contributed by atoms with Gasteiger partial charge in [-0.2, -0.15) is 13.2 Å². The first-order valence-electron chi connectivity index (χ1n) is 5.75. The number of carbonyl (C=O) groups excluding carboxylic acids is 2. The third-order valence-electron chi connectivity index (χ3n) is 2.83. The van der Waals surface area contributed by atoms with Gasteiger partial charge >= 0.3 is 6.18 Å². The number of benzene rings is 1. The summed E-state index contributed by atoms with van der Waals surface area (Å²) < 4.78 is 37.9. The van der Waals surface area contributed by atoms with Crippen LogP contribution in [-0.2, 0) is 15.8 Å². The second-order valence-corrected chi connectivity index (χ2v) is 4.22. The van der Waals surface area contributed by atoms with E-state index in [1.165, 1.54) is 0 Å². The van der Waals surface area contributed by atoms with Gasteiger partial charge in [0.1, 0.15) is 6.42 Å². The Morgan fingerprint density at radius 2 is 2.00 bits per heavy atom. The average Bonchev–Trinajstić information content (AvgIpc) is 2.45. The third kappa shape index (κ3) is 2.74. The van der Waals surface area contributed by atoms with Crippen molar-refractivity contribution in [3.63, 3.8) is 0 Å². The van der Waals surface area contributed by atoms with Gasteiger partial charge in [-0.1, -0.05) is 0 Å². The number of aliphatic hydroxyl groups is 1. The summed E-state index contributed by atoms with van der Waals surface area (Å²) in [5, 5.41) is 11.2. The molecule has 1 aliphatic heterocycles. The number of hydrogen-bond acceptors (Lipinski definition) is 3. The number of anilines is 2. The van der Waals surface area contributed by atoms with Gasteiger partial charge in [-0.05, 0) is 18.2 Å². The Morgan fingerprint density at radius 1 is 1.30 bits per heavy atom. The molecule has 2 N–H and O–H groups in total. The number of fused-ring (bicyclic) bond motifs is 1. The lowest BCUT2D eigenvalue weighted by molar-refractivity contribution is -0.137. The van der Waals surface area contributed by atoms with E-state index in [1.54, 1.807) is 0 Å². The van der Waals surface area contributed by atoms with Gasteiger partial charge in [-0.25, -0.2) is 0 Å². The number of amides is 2. The van der Waals surface area contributed by atoms with E-state index in [1.807, 2.05) is 0 Å². The number of nitrogens with one attached hydrogen (secondary N) is 1.